The van der Waals surface area contributed by atoms with Gasteiger partial charge in [0.1, 0.15) is 5.82 Å². The highest BCUT2D eigenvalue weighted by Crippen LogP contribution is 2.38. The van der Waals surface area contributed by atoms with Crippen LogP contribution in [0.5, 0.6) is 0 Å². The van der Waals surface area contributed by atoms with Gasteiger partial charge in [0, 0.05) is 48.3 Å². The lowest BCUT2D eigenvalue weighted by Gasteiger charge is -2.30. The van der Waals surface area contributed by atoms with Gasteiger partial charge in [0.15, 0.2) is 5.78 Å². The van der Waals surface area contributed by atoms with Gasteiger partial charge in [-0.2, -0.15) is 0 Å². The summed E-state index contributed by atoms with van der Waals surface area (Å²) in [5.41, 5.74) is 1.72. The summed E-state index contributed by atoms with van der Waals surface area (Å²) in [5.74, 6) is -0.797. The van der Waals surface area contributed by atoms with Crippen LogP contribution in [0.4, 0.5) is 10.1 Å². The molecule has 5 nitrogen and oxygen atoms in total. The van der Waals surface area contributed by atoms with Gasteiger partial charge >= 0.3 is 0 Å². The zero-order valence-electron chi connectivity index (χ0n) is 17.5. The zero-order valence-corrected chi connectivity index (χ0v) is 19.1. The lowest BCUT2D eigenvalue weighted by atomic mass is 10.1. The van der Waals surface area contributed by atoms with E-state index in [9.17, 15) is 9.59 Å². The van der Waals surface area contributed by atoms with Crippen LogP contribution in [0.1, 0.15) is 34.8 Å². The Morgan fingerprint density at radius 2 is 1.84 bits per heavy atom. The molecule has 1 aromatic heterocycles. The number of allylic oxidation sites excluding steroid dienone is 1. The second-order valence-corrected chi connectivity index (χ2v) is 9.23. The van der Waals surface area contributed by atoms with E-state index in [4.69, 9.17) is 0 Å². The minimum Gasteiger partial charge on any atom is -0.367 e. The van der Waals surface area contributed by atoms with Crippen molar-refractivity contribution >= 4 is 44.4 Å². The molecule has 1 saturated carbocycles. The van der Waals surface area contributed by atoms with Gasteiger partial charge in [0.05, 0.1) is 16.8 Å². The van der Waals surface area contributed by atoms with Crippen LogP contribution < -0.4 is 15.6 Å². The minimum atomic E-state index is -0.423. The molecular weight excluding hydrogens is 473 g/mol. The lowest BCUT2D eigenvalue weighted by Crippen LogP contribution is -2.43. The Morgan fingerprint density at radius 3 is 2.53 bits per heavy atom. The molecule has 0 amide bonds. The van der Waals surface area contributed by atoms with Crippen LogP contribution in [0.2, 0.25) is 0 Å². The average Bonchev–Trinajstić information content (AvgIpc) is 3.65. The number of carbonyl (C=O) groups excluding carboxylic acids is 1. The van der Waals surface area contributed by atoms with E-state index in [1.807, 2.05) is 33.7 Å². The van der Waals surface area contributed by atoms with Gasteiger partial charge in [-0.25, -0.2) is 4.39 Å². The van der Waals surface area contributed by atoms with Gasteiger partial charge in [0.25, 0.3) is 0 Å². The van der Waals surface area contributed by atoms with Crippen molar-refractivity contribution in [3.05, 3.63) is 80.3 Å². The Morgan fingerprint density at radius 1 is 1.12 bits per heavy atom. The highest BCUT2D eigenvalue weighted by atomic mass is 79.9. The molecule has 3 aromatic rings. The molecule has 1 saturated heterocycles. The Labute approximate surface area is 193 Å². The van der Waals surface area contributed by atoms with Gasteiger partial charge in [-0.3, -0.25) is 9.59 Å². The monoisotopic (exact) mass is 495 g/mol. The zero-order chi connectivity index (χ0) is 22.2. The summed E-state index contributed by atoms with van der Waals surface area (Å²) < 4.78 is 18.0. The molecule has 0 atom stereocenters. The molecule has 2 aliphatic rings. The fraction of sp³-hybridized carbons (Fsp3) is 0.280. The van der Waals surface area contributed by atoms with E-state index in [2.05, 4.69) is 21.2 Å². The maximum absolute atomic E-state index is 15.1. The topological polar surface area (TPSA) is 54.3 Å². The minimum absolute atomic E-state index is 0.0760. The molecule has 0 bridgehead atoms. The molecule has 2 heterocycles. The summed E-state index contributed by atoms with van der Waals surface area (Å²) >= 11 is 3.39. The SMILES string of the molecule is O=C(/C=C/c1ccc(Br)cc1)c1cn(C2CC2)c2cc(N3CCNCC3)c(F)cc2c1=O. The van der Waals surface area contributed by atoms with Crippen molar-refractivity contribution in [2.45, 2.75) is 18.9 Å². The first kappa shape index (κ1) is 21.1. The quantitative estimate of drug-likeness (QED) is 0.416. The van der Waals surface area contributed by atoms with E-state index in [0.29, 0.717) is 24.3 Å². The van der Waals surface area contributed by atoms with Crippen molar-refractivity contribution in [3.63, 3.8) is 0 Å². The molecule has 2 fully saturated rings. The molecule has 164 valence electrons. The number of ketones is 1. The van der Waals surface area contributed by atoms with E-state index >= 15 is 4.39 Å². The van der Waals surface area contributed by atoms with E-state index in [1.54, 1.807) is 18.3 Å². The second-order valence-electron chi connectivity index (χ2n) is 8.32. The molecular formula is C25H23BrFN3O2. The van der Waals surface area contributed by atoms with Gasteiger partial charge in [-0.15, -0.1) is 0 Å². The van der Waals surface area contributed by atoms with Crippen molar-refractivity contribution < 1.29 is 9.18 Å². The van der Waals surface area contributed by atoms with E-state index in [0.717, 1.165) is 36.0 Å². The lowest BCUT2D eigenvalue weighted by molar-refractivity contribution is 0.104. The number of aromatic nitrogens is 1. The molecule has 1 aliphatic carbocycles. The standard InChI is InChI=1S/C25H23BrFN3O2/c26-17-4-1-16(2-5-17)3-8-24(31)20-15-30(18-6-7-18)22-14-23(29-11-9-28-10-12-29)21(27)13-19(22)25(20)32/h1-5,8,13-15,18,28H,6-7,9-12H2/b8-3+. The largest absolute Gasteiger partial charge is 0.367 e. The third kappa shape index (κ3) is 4.14. The van der Waals surface area contributed by atoms with Gasteiger partial charge < -0.3 is 14.8 Å². The van der Waals surface area contributed by atoms with E-state index < -0.39 is 11.2 Å². The molecule has 1 aliphatic heterocycles. The van der Waals surface area contributed by atoms with Crippen LogP contribution in [0, 0.1) is 5.82 Å². The molecule has 1 N–H and O–H groups in total. The van der Waals surface area contributed by atoms with Crippen LogP contribution in [-0.4, -0.2) is 36.5 Å². The predicted molar refractivity (Wildman–Crippen MR) is 129 cm³/mol. The maximum atomic E-state index is 15.1. The summed E-state index contributed by atoms with van der Waals surface area (Å²) in [6.07, 6.45) is 6.74. The van der Waals surface area contributed by atoms with Gasteiger partial charge in [0.2, 0.25) is 5.43 Å². The van der Waals surface area contributed by atoms with Crippen molar-refractivity contribution in [1.82, 2.24) is 9.88 Å². The van der Waals surface area contributed by atoms with Gasteiger partial charge in [-0.1, -0.05) is 34.1 Å². The third-order valence-electron chi connectivity index (χ3n) is 6.06. The molecule has 5 rings (SSSR count). The first-order valence-corrected chi connectivity index (χ1v) is 11.6. The molecule has 7 heteroatoms. The van der Waals surface area contributed by atoms with Gasteiger partial charge in [-0.05, 0) is 48.7 Å². The highest BCUT2D eigenvalue weighted by Gasteiger charge is 2.27. The second kappa shape index (κ2) is 8.64. The number of halogens is 2. The molecule has 2 aromatic carbocycles. The number of pyridine rings is 1. The van der Waals surface area contributed by atoms with Crippen LogP contribution in [0.15, 0.2) is 57.9 Å². The molecule has 0 radical (unpaired) electrons. The Hall–Kier alpha value is -2.77. The van der Waals surface area contributed by atoms with Crippen molar-refractivity contribution in [1.29, 1.82) is 0 Å². The summed E-state index contributed by atoms with van der Waals surface area (Å²) in [5, 5.41) is 3.53. The predicted octanol–water partition coefficient (Wildman–Crippen LogP) is 4.54. The first-order valence-electron chi connectivity index (χ1n) is 10.8. The number of anilines is 1. The summed E-state index contributed by atoms with van der Waals surface area (Å²) in [6.45, 7) is 3.02. The van der Waals surface area contributed by atoms with Crippen LogP contribution in [-0.2, 0) is 0 Å². The summed E-state index contributed by atoms with van der Waals surface area (Å²) in [4.78, 5) is 28.1. The number of nitrogens with zero attached hydrogens (tertiary/aromatic N) is 2. The van der Waals surface area contributed by atoms with Crippen LogP contribution >= 0.6 is 15.9 Å². The first-order chi connectivity index (χ1) is 15.5. The Balaban J connectivity index is 1.57. The number of hydrogen-bond acceptors (Lipinski definition) is 4. The fourth-order valence-corrected chi connectivity index (χ4v) is 4.44. The molecule has 0 spiro atoms. The highest BCUT2D eigenvalue weighted by molar-refractivity contribution is 9.10. The number of carbonyl (C=O) groups is 1. The number of fused-ring (bicyclic) bond motifs is 1. The molecule has 32 heavy (non-hydrogen) atoms. The maximum Gasteiger partial charge on any atom is 0.200 e. The van der Waals surface area contributed by atoms with Crippen LogP contribution in [0.25, 0.3) is 17.0 Å². The Bertz CT molecular complexity index is 1270. The molecule has 0 unspecified atom stereocenters. The third-order valence-corrected chi connectivity index (χ3v) is 6.59. The van der Waals surface area contributed by atoms with Crippen molar-refractivity contribution in [2.75, 3.05) is 31.1 Å². The fourth-order valence-electron chi connectivity index (χ4n) is 4.17. The number of nitrogens with one attached hydrogen (secondary N) is 1. The summed E-state index contributed by atoms with van der Waals surface area (Å²) in [7, 11) is 0. The Kier molecular flexibility index (Phi) is 5.69. The van der Waals surface area contributed by atoms with Crippen LogP contribution in [0.3, 0.4) is 0 Å². The smallest absolute Gasteiger partial charge is 0.200 e. The number of piperazine rings is 1. The average molecular weight is 496 g/mol. The number of rotatable bonds is 5. The summed E-state index contributed by atoms with van der Waals surface area (Å²) in [6, 6.07) is 10.9. The normalized spacial score (nSPS) is 16.8. The van der Waals surface area contributed by atoms with Crippen molar-refractivity contribution in [2.24, 2.45) is 0 Å². The van der Waals surface area contributed by atoms with Crippen molar-refractivity contribution in [3.8, 4) is 0 Å². The number of benzene rings is 2. The van der Waals surface area contributed by atoms with E-state index in [-0.39, 0.29) is 22.8 Å². The van der Waals surface area contributed by atoms with E-state index in [1.165, 1.54) is 12.1 Å². The number of hydrogen-bond donors (Lipinski definition) is 1.